The molecule has 1 saturated heterocycles. The fourth-order valence-corrected chi connectivity index (χ4v) is 9.63. The quantitative estimate of drug-likeness (QED) is 0.0334. The molecule has 1 rings (SSSR count). The minimum absolute atomic E-state index is 0.0285. The molecular formula is C58H110N2O8. The van der Waals surface area contributed by atoms with Gasteiger partial charge in [0.05, 0.1) is 6.61 Å². The van der Waals surface area contributed by atoms with Crippen LogP contribution in [0, 0.1) is 0 Å². The number of esters is 3. The van der Waals surface area contributed by atoms with Gasteiger partial charge in [-0.05, 0) is 142 Å². The topological polar surface area (TPSA) is 112 Å². The Kier molecular flexibility index (Phi) is 44.0. The number of amides is 1. The Morgan fingerprint density at radius 2 is 0.765 bits per heavy atom. The fraction of sp³-hybridized carbons (Fsp3) is 0.931. The minimum Gasteiger partial charge on any atom is -0.465 e. The van der Waals surface area contributed by atoms with Crippen LogP contribution in [-0.2, 0) is 33.3 Å². The van der Waals surface area contributed by atoms with Gasteiger partial charge in [0.15, 0.2) is 0 Å². The summed E-state index contributed by atoms with van der Waals surface area (Å²) in [7, 11) is 0. The molecule has 0 aliphatic carbocycles. The summed E-state index contributed by atoms with van der Waals surface area (Å²) in [5.41, 5.74) is 0. The smallest absolute Gasteiger partial charge is 0.410 e. The molecule has 1 aliphatic rings. The molecule has 1 fully saturated rings. The normalized spacial score (nSPS) is 12.9. The Hall–Kier alpha value is -2.36. The maximum Gasteiger partial charge on any atom is 0.410 e. The standard InChI is InChI=1S/C58H110N2O8/c1-6-11-15-27-39-52(40-28-16-12-7-2)66-55(61)45-33-25-21-19-23-31-43-54(68-58(64)60(51-57(63)65-10-5)50-38-37-49-59-47-35-36-48-59)44-32-24-20-22-26-34-46-56(62)67-53(41-29-17-13-8-3)42-30-18-14-9-4/h52-54H,6-51H2,1-5H3. The van der Waals surface area contributed by atoms with Crippen LogP contribution in [0.5, 0.6) is 0 Å². The molecule has 0 N–H and O–H groups in total. The van der Waals surface area contributed by atoms with Gasteiger partial charge in [-0.15, -0.1) is 0 Å². The fourth-order valence-electron chi connectivity index (χ4n) is 9.63. The van der Waals surface area contributed by atoms with E-state index in [1.165, 1.54) is 89.9 Å². The molecule has 0 aromatic rings. The van der Waals surface area contributed by atoms with Crippen LogP contribution in [0.2, 0.25) is 0 Å². The predicted octanol–water partition coefficient (Wildman–Crippen LogP) is 16.2. The maximum absolute atomic E-state index is 13.7. The lowest BCUT2D eigenvalue weighted by Crippen LogP contribution is -2.39. The molecule has 1 aliphatic heterocycles. The van der Waals surface area contributed by atoms with Crippen molar-refractivity contribution in [3.63, 3.8) is 0 Å². The van der Waals surface area contributed by atoms with Gasteiger partial charge in [0.2, 0.25) is 0 Å². The van der Waals surface area contributed by atoms with Gasteiger partial charge in [0.1, 0.15) is 24.9 Å². The summed E-state index contributed by atoms with van der Waals surface area (Å²) >= 11 is 0. The van der Waals surface area contributed by atoms with Crippen LogP contribution in [-0.4, -0.2) is 91.4 Å². The zero-order valence-electron chi connectivity index (χ0n) is 45.4. The van der Waals surface area contributed by atoms with Gasteiger partial charge in [-0.25, -0.2) is 4.79 Å². The number of hydrogen-bond donors (Lipinski definition) is 0. The third-order valence-corrected chi connectivity index (χ3v) is 13.9. The lowest BCUT2D eigenvalue weighted by molar-refractivity contribution is -0.151. The van der Waals surface area contributed by atoms with E-state index < -0.39 is 12.1 Å². The number of unbranched alkanes of at least 4 members (excludes halogenated alkanes) is 23. The van der Waals surface area contributed by atoms with Crippen molar-refractivity contribution >= 4 is 24.0 Å². The first-order chi connectivity index (χ1) is 33.3. The predicted molar refractivity (Wildman–Crippen MR) is 282 cm³/mol. The van der Waals surface area contributed by atoms with Gasteiger partial charge in [0.25, 0.3) is 0 Å². The van der Waals surface area contributed by atoms with E-state index in [9.17, 15) is 19.2 Å². The molecule has 0 aromatic carbocycles. The zero-order valence-corrected chi connectivity index (χ0v) is 45.4. The molecule has 10 nitrogen and oxygen atoms in total. The van der Waals surface area contributed by atoms with Crippen LogP contribution < -0.4 is 0 Å². The van der Waals surface area contributed by atoms with Crippen molar-refractivity contribution in [2.24, 2.45) is 0 Å². The second kappa shape index (κ2) is 47.0. The third-order valence-electron chi connectivity index (χ3n) is 13.9. The van der Waals surface area contributed by atoms with Crippen LogP contribution in [0.1, 0.15) is 291 Å². The molecule has 1 amide bonds. The van der Waals surface area contributed by atoms with E-state index in [4.69, 9.17) is 18.9 Å². The number of nitrogens with zero attached hydrogens (tertiary/aromatic N) is 2. The van der Waals surface area contributed by atoms with E-state index in [0.29, 0.717) is 19.4 Å². The minimum atomic E-state index is -0.406. The summed E-state index contributed by atoms with van der Waals surface area (Å²) in [5, 5.41) is 0. The van der Waals surface area contributed by atoms with Crippen LogP contribution in [0.25, 0.3) is 0 Å². The molecule has 0 unspecified atom stereocenters. The van der Waals surface area contributed by atoms with E-state index in [2.05, 4.69) is 32.6 Å². The van der Waals surface area contributed by atoms with Crippen molar-refractivity contribution in [2.45, 2.75) is 310 Å². The van der Waals surface area contributed by atoms with E-state index in [1.54, 1.807) is 11.8 Å². The van der Waals surface area contributed by atoms with Gasteiger partial charge in [-0.1, -0.05) is 156 Å². The van der Waals surface area contributed by atoms with Crippen molar-refractivity contribution in [1.82, 2.24) is 9.80 Å². The van der Waals surface area contributed by atoms with Gasteiger partial charge in [0, 0.05) is 19.4 Å². The average molecular weight is 964 g/mol. The Bertz CT molecular complexity index is 1100. The number of ether oxygens (including phenoxy) is 4. The molecule has 68 heavy (non-hydrogen) atoms. The van der Waals surface area contributed by atoms with Crippen molar-refractivity contribution in [3.8, 4) is 0 Å². The third kappa shape index (κ3) is 38.4. The maximum atomic E-state index is 13.7. The summed E-state index contributed by atoms with van der Waals surface area (Å²) in [4.78, 5) is 56.0. The molecule has 10 heteroatoms. The first-order valence-corrected chi connectivity index (χ1v) is 29.5. The average Bonchev–Trinajstić information content (AvgIpc) is 3.85. The lowest BCUT2D eigenvalue weighted by Gasteiger charge is -2.25. The first-order valence-electron chi connectivity index (χ1n) is 29.5. The van der Waals surface area contributed by atoms with E-state index in [0.717, 1.165) is 174 Å². The summed E-state index contributed by atoms with van der Waals surface area (Å²) < 4.78 is 23.5. The molecule has 0 aromatic heterocycles. The van der Waals surface area contributed by atoms with E-state index in [-0.39, 0.29) is 43.4 Å². The highest BCUT2D eigenvalue weighted by molar-refractivity contribution is 5.78. The highest BCUT2D eigenvalue weighted by atomic mass is 16.6. The molecular weight excluding hydrogens is 853 g/mol. The number of likely N-dealkylation sites (tertiary alicyclic amines) is 1. The Morgan fingerprint density at radius 3 is 1.15 bits per heavy atom. The monoisotopic (exact) mass is 963 g/mol. The van der Waals surface area contributed by atoms with Crippen molar-refractivity contribution in [1.29, 1.82) is 0 Å². The van der Waals surface area contributed by atoms with Gasteiger partial charge in [-0.3, -0.25) is 19.3 Å². The van der Waals surface area contributed by atoms with Gasteiger partial charge >= 0.3 is 24.0 Å². The molecule has 0 spiro atoms. The highest BCUT2D eigenvalue weighted by Crippen LogP contribution is 2.22. The van der Waals surface area contributed by atoms with Crippen LogP contribution >= 0.6 is 0 Å². The second-order valence-electron chi connectivity index (χ2n) is 20.4. The molecule has 0 saturated carbocycles. The van der Waals surface area contributed by atoms with E-state index in [1.807, 2.05) is 0 Å². The van der Waals surface area contributed by atoms with Crippen molar-refractivity contribution in [2.75, 3.05) is 39.3 Å². The van der Waals surface area contributed by atoms with Crippen molar-refractivity contribution in [3.05, 3.63) is 0 Å². The summed E-state index contributed by atoms with van der Waals surface area (Å²) in [5.74, 6) is -0.449. The van der Waals surface area contributed by atoms with Crippen LogP contribution in [0.4, 0.5) is 4.79 Å². The highest BCUT2D eigenvalue weighted by Gasteiger charge is 2.24. The molecule has 1 heterocycles. The Morgan fingerprint density at radius 1 is 0.412 bits per heavy atom. The van der Waals surface area contributed by atoms with Crippen LogP contribution in [0.3, 0.4) is 0 Å². The lowest BCUT2D eigenvalue weighted by atomic mass is 10.0. The number of carbonyl (C=O) groups excluding carboxylic acids is 4. The summed E-state index contributed by atoms with van der Waals surface area (Å²) in [6.45, 7) is 14.7. The van der Waals surface area contributed by atoms with Gasteiger partial charge < -0.3 is 23.8 Å². The van der Waals surface area contributed by atoms with Crippen molar-refractivity contribution < 1.29 is 38.1 Å². The SMILES string of the molecule is CCCCCCC(CCCCCC)OC(=O)CCCCCCCCC(CCCCCCCCC(=O)OC(CCCCCC)CCCCCC)OC(=O)N(CCCCN1CCCC1)CC(=O)OCC. The molecule has 0 radical (unpaired) electrons. The molecule has 400 valence electrons. The zero-order chi connectivity index (χ0) is 49.6. The number of carbonyl (C=O) groups is 4. The van der Waals surface area contributed by atoms with Gasteiger partial charge in [-0.2, -0.15) is 0 Å². The van der Waals surface area contributed by atoms with Crippen LogP contribution in [0.15, 0.2) is 0 Å². The Labute approximate surface area is 419 Å². The molecule has 0 atom stereocenters. The number of rotatable bonds is 49. The Balaban J connectivity index is 2.63. The van der Waals surface area contributed by atoms with E-state index >= 15 is 0 Å². The molecule has 0 bridgehead atoms. The number of hydrogen-bond acceptors (Lipinski definition) is 9. The summed E-state index contributed by atoms with van der Waals surface area (Å²) in [6.07, 6.45) is 41.9. The largest absolute Gasteiger partial charge is 0.465 e. The second-order valence-corrected chi connectivity index (χ2v) is 20.4. The first kappa shape index (κ1) is 63.7. The summed E-state index contributed by atoms with van der Waals surface area (Å²) in [6, 6.07) is 0.